The highest BCUT2D eigenvalue weighted by molar-refractivity contribution is 8.00. The van der Waals surface area contributed by atoms with Crippen LogP contribution in [0.15, 0.2) is 76.8 Å². The second-order valence-electron chi connectivity index (χ2n) is 9.74. The van der Waals surface area contributed by atoms with Crippen molar-refractivity contribution in [2.45, 2.75) is 36.9 Å². The predicted octanol–water partition coefficient (Wildman–Crippen LogP) is 6.17. The number of aliphatic hydroxyl groups excluding tert-OH is 1. The standard InChI is InChI=1S/C30H24FN5O3S2/c1-16-10-12-19(13-11-16)24-22(25(37)23-18(3)35-14-6-7-17(2)27(35)32-23)26(38)28(39)36(24)29-33-34-30(41-29)40-15-20-8-4-5-9-21(20)31/h4-14,24,37H,15H2,1-3H3. The molecule has 2 aromatic carbocycles. The first-order chi connectivity index (χ1) is 19.7. The summed E-state index contributed by atoms with van der Waals surface area (Å²) >= 11 is 2.41. The van der Waals surface area contributed by atoms with Crippen molar-refractivity contribution in [3.05, 3.63) is 112 Å². The molecule has 1 N–H and O–H groups in total. The van der Waals surface area contributed by atoms with Gasteiger partial charge < -0.3 is 9.51 Å². The molecule has 8 nitrogen and oxygen atoms in total. The fourth-order valence-corrected chi connectivity index (χ4v) is 6.74. The van der Waals surface area contributed by atoms with Crippen LogP contribution in [0.2, 0.25) is 0 Å². The Kier molecular flexibility index (Phi) is 6.92. The van der Waals surface area contributed by atoms with Crippen LogP contribution >= 0.6 is 23.1 Å². The zero-order valence-electron chi connectivity index (χ0n) is 22.3. The second kappa shape index (κ2) is 10.6. The summed E-state index contributed by atoms with van der Waals surface area (Å²) in [5.41, 5.74) is 4.49. The number of imidazole rings is 1. The van der Waals surface area contributed by atoms with Gasteiger partial charge in [0.15, 0.2) is 10.1 Å². The average molecular weight is 586 g/mol. The van der Waals surface area contributed by atoms with Crippen LogP contribution in [0.25, 0.3) is 11.4 Å². The first-order valence-corrected chi connectivity index (χ1v) is 14.6. The summed E-state index contributed by atoms with van der Waals surface area (Å²) in [4.78, 5) is 33.0. The van der Waals surface area contributed by atoms with Gasteiger partial charge in [-0.3, -0.25) is 14.5 Å². The number of anilines is 1. The molecule has 1 fully saturated rings. The maximum absolute atomic E-state index is 14.1. The number of hydrogen-bond acceptors (Lipinski definition) is 8. The number of aromatic nitrogens is 4. The molecule has 11 heteroatoms. The number of amides is 1. The van der Waals surface area contributed by atoms with Crippen molar-refractivity contribution in [2.24, 2.45) is 0 Å². The minimum atomic E-state index is -0.946. The number of pyridine rings is 1. The molecule has 206 valence electrons. The summed E-state index contributed by atoms with van der Waals surface area (Å²) < 4.78 is 16.5. The number of aryl methyl sites for hydroxylation is 3. The largest absolute Gasteiger partial charge is 0.505 e. The van der Waals surface area contributed by atoms with Gasteiger partial charge in [-0.05, 0) is 49.6 Å². The highest BCUT2D eigenvalue weighted by atomic mass is 32.2. The first-order valence-electron chi connectivity index (χ1n) is 12.8. The molecule has 1 atom stereocenters. The molecule has 6 rings (SSSR count). The van der Waals surface area contributed by atoms with Crippen LogP contribution in [-0.4, -0.2) is 36.4 Å². The SMILES string of the molecule is Cc1ccc(C2C(=C(O)c3nc4c(C)cccn4c3C)C(=O)C(=O)N2c2nnc(SCc3ccccc3F)s2)cc1. The lowest BCUT2D eigenvalue weighted by Gasteiger charge is -2.22. The van der Waals surface area contributed by atoms with Gasteiger partial charge in [-0.2, -0.15) is 0 Å². The predicted molar refractivity (Wildman–Crippen MR) is 156 cm³/mol. The summed E-state index contributed by atoms with van der Waals surface area (Å²) in [6.45, 7) is 5.65. The van der Waals surface area contributed by atoms with Crippen LogP contribution in [0.3, 0.4) is 0 Å². The van der Waals surface area contributed by atoms with Gasteiger partial charge in [-0.15, -0.1) is 10.2 Å². The first kappa shape index (κ1) is 26.9. The van der Waals surface area contributed by atoms with Crippen LogP contribution in [0.4, 0.5) is 9.52 Å². The van der Waals surface area contributed by atoms with E-state index >= 15 is 0 Å². The van der Waals surface area contributed by atoms with Gasteiger partial charge in [0.25, 0.3) is 5.78 Å². The molecule has 1 aliphatic heterocycles. The highest BCUT2D eigenvalue weighted by Gasteiger charge is 2.48. The molecule has 1 aliphatic rings. The van der Waals surface area contributed by atoms with Crippen molar-refractivity contribution >= 4 is 51.3 Å². The summed E-state index contributed by atoms with van der Waals surface area (Å²) in [5.74, 6) is -2.00. The summed E-state index contributed by atoms with van der Waals surface area (Å²) in [6.07, 6.45) is 1.83. The Hall–Kier alpha value is -4.35. The Balaban J connectivity index is 1.44. The Morgan fingerprint density at radius 2 is 1.78 bits per heavy atom. The monoisotopic (exact) mass is 585 g/mol. The maximum atomic E-state index is 14.1. The summed E-state index contributed by atoms with van der Waals surface area (Å²) in [5, 5.41) is 20.2. The summed E-state index contributed by atoms with van der Waals surface area (Å²) in [6, 6.07) is 16.7. The zero-order chi connectivity index (χ0) is 28.8. The van der Waals surface area contributed by atoms with Crippen molar-refractivity contribution < 1.29 is 19.1 Å². The van der Waals surface area contributed by atoms with Gasteiger partial charge in [0.2, 0.25) is 5.13 Å². The lowest BCUT2D eigenvalue weighted by molar-refractivity contribution is -0.132. The molecule has 1 amide bonds. The molecule has 0 spiro atoms. The summed E-state index contributed by atoms with van der Waals surface area (Å²) in [7, 11) is 0. The molecule has 1 unspecified atom stereocenters. The van der Waals surface area contributed by atoms with Crippen molar-refractivity contribution in [1.82, 2.24) is 19.6 Å². The van der Waals surface area contributed by atoms with E-state index in [1.807, 2.05) is 60.8 Å². The van der Waals surface area contributed by atoms with Crippen LogP contribution in [0.1, 0.15) is 39.7 Å². The average Bonchev–Trinajstić information content (AvgIpc) is 3.64. The minimum absolute atomic E-state index is 0.0706. The number of hydrogen-bond donors (Lipinski definition) is 1. The van der Waals surface area contributed by atoms with Crippen molar-refractivity contribution in [3.63, 3.8) is 0 Å². The van der Waals surface area contributed by atoms with Gasteiger partial charge in [0, 0.05) is 11.9 Å². The number of ketones is 1. The highest BCUT2D eigenvalue weighted by Crippen LogP contribution is 2.44. The number of benzene rings is 2. The number of thioether (sulfide) groups is 1. The van der Waals surface area contributed by atoms with Gasteiger partial charge >= 0.3 is 5.91 Å². The third-order valence-electron chi connectivity index (χ3n) is 7.06. The van der Waals surface area contributed by atoms with E-state index in [1.165, 1.54) is 22.7 Å². The van der Waals surface area contributed by atoms with Crippen LogP contribution in [-0.2, 0) is 15.3 Å². The van der Waals surface area contributed by atoms with E-state index in [1.54, 1.807) is 25.1 Å². The molecule has 1 saturated heterocycles. The lowest BCUT2D eigenvalue weighted by atomic mass is 9.96. The third-order valence-corrected chi connectivity index (χ3v) is 9.16. The number of Topliss-reactive ketones (excluding diaryl/α,β-unsaturated/α-hetero) is 1. The third kappa shape index (κ3) is 4.70. The molecular formula is C30H24FN5O3S2. The quantitative estimate of drug-likeness (QED) is 0.0836. The fourth-order valence-electron chi connectivity index (χ4n) is 4.88. The van der Waals surface area contributed by atoms with Crippen LogP contribution in [0, 0.1) is 26.6 Å². The fraction of sp³-hybridized carbons (Fsp3) is 0.167. The second-order valence-corrected chi connectivity index (χ2v) is 11.9. The van der Waals surface area contributed by atoms with E-state index in [9.17, 15) is 19.1 Å². The van der Waals surface area contributed by atoms with Crippen molar-refractivity contribution in [3.8, 4) is 0 Å². The van der Waals surface area contributed by atoms with E-state index in [-0.39, 0.29) is 28.0 Å². The molecule has 3 aromatic heterocycles. The molecule has 4 heterocycles. The number of fused-ring (bicyclic) bond motifs is 1. The lowest BCUT2D eigenvalue weighted by Crippen LogP contribution is -2.29. The minimum Gasteiger partial charge on any atom is -0.505 e. The number of rotatable bonds is 6. The molecule has 0 aliphatic carbocycles. The molecule has 0 radical (unpaired) electrons. The zero-order valence-corrected chi connectivity index (χ0v) is 24.0. The maximum Gasteiger partial charge on any atom is 0.301 e. The Labute approximate surface area is 243 Å². The van der Waals surface area contributed by atoms with Crippen molar-refractivity contribution in [1.29, 1.82) is 0 Å². The van der Waals surface area contributed by atoms with E-state index in [0.717, 1.165) is 22.5 Å². The Morgan fingerprint density at radius 3 is 2.51 bits per heavy atom. The van der Waals surface area contributed by atoms with Gasteiger partial charge in [0.1, 0.15) is 17.2 Å². The normalized spacial score (nSPS) is 16.7. The topological polar surface area (TPSA) is 101 Å². The van der Waals surface area contributed by atoms with E-state index < -0.39 is 17.7 Å². The molecule has 5 aromatic rings. The van der Waals surface area contributed by atoms with Crippen LogP contribution in [0.5, 0.6) is 0 Å². The Bertz CT molecular complexity index is 1860. The van der Waals surface area contributed by atoms with Crippen molar-refractivity contribution in [2.75, 3.05) is 4.90 Å². The van der Waals surface area contributed by atoms with E-state index in [4.69, 9.17) is 0 Å². The molecule has 0 bridgehead atoms. The molecule has 41 heavy (non-hydrogen) atoms. The van der Waals surface area contributed by atoms with Gasteiger partial charge in [0.05, 0.1) is 17.3 Å². The number of carbonyl (C=O) groups is 2. The molecular weight excluding hydrogens is 561 g/mol. The van der Waals surface area contributed by atoms with Gasteiger partial charge in [-0.1, -0.05) is 77.2 Å². The number of aliphatic hydroxyl groups is 1. The number of nitrogens with zero attached hydrogens (tertiary/aromatic N) is 5. The molecule has 0 saturated carbocycles. The number of carbonyl (C=O) groups excluding carboxylic acids is 2. The van der Waals surface area contributed by atoms with E-state index in [0.29, 0.717) is 32.6 Å². The van der Waals surface area contributed by atoms with Gasteiger partial charge in [-0.25, -0.2) is 9.37 Å². The Morgan fingerprint density at radius 1 is 1.02 bits per heavy atom. The van der Waals surface area contributed by atoms with E-state index in [2.05, 4.69) is 15.2 Å². The van der Waals surface area contributed by atoms with Crippen LogP contribution < -0.4 is 4.90 Å². The number of halogens is 1. The smallest absolute Gasteiger partial charge is 0.301 e.